The number of carbonyl (C=O) groups is 2. The number of morpholine rings is 1. The van der Waals surface area contributed by atoms with Gasteiger partial charge in [-0.15, -0.1) is 0 Å². The first-order valence-corrected chi connectivity index (χ1v) is 10.7. The van der Waals surface area contributed by atoms with Gasteiger partial charge in [-0.25, -0.2) is 0 Å². The van der Waals surface area contributed by atoms with Crippen LogP contribution in [0.15, 0.2) is 54.6 Å². The molecule has 1 atom stereocenters. The van der Waals surface area contributed by atoms with Gasteiger partial charge in [0.15, 0.2) is 0 Å². The minimum absolute atomic E-state index is 0.0605. The van der Waals surface area contributed by atoms with Crippen LogP contribution < -0.4 is 15.4 Å². The Morgan fingerprint density at radius 1 is 0.968 bits per heavy atom. The molecule has 1 saturated heterocycles. The quantitative estimate of drug-likeness (QED) is 0.646. The summed E-state index contributed by atoms with van der Waals surface area (Å²) < 4.78 is 11.1. The van der Waals surface area contributed by atoms with Crippen molar-refractivity contribution < 1.29 is 19.1 Å². The minimum Gasteiger partial charge on any atom is -0.457 e. The van der Waals surface area contributed by atoms with Crippen molar-refractivity contribution in [3.63, 3.8) is 0 Å². The molecule has 1 fully saturated rings. The summed E-state index contributed by atoms with van der Waals surface area (Å²) in [5.41, 5.74) is 0.474. The Hall–Kier alpha value is -2.90. The summed E-state index contributed by atoms with van der Waals surface area (Å²) in [7, 11) is 0. The maximum absolute atomic E-state index is 12.4. The third-order valence-corrected chi connectivity index (χ3v) is 5.30. The van der Waals surface area contributed by atoms with E-state index in [-0.39, 0.29) is 24.4 Å². The number of nitrogens with zero attached hydrogens (tertiary/aromatic N) is 1. The molecule has 7 nitrogen and oxygen atoms in total. The lowest BCUT2D eigenvalue weighted by Gasteiger charge is -2.36. The van der Waals surface area contributed by atoms with E-state index >= 15 is 0 Å². The predicted octanol–water partition coefficient (Wildman–Crippen LogP) is 2.68. The molecule has 0 radical (unpaired) electrons. The van der Waals surface area contributed by atoms with Crippen molar-refractivity contribution >= 4 is 11.8 Å². The fourth-order valence-corrected chi connectivity index (χ4v) is 3.54. The molecule has 0 aliphatic carbocycles. The number of ether oxygens (including phenoxy) is 2. The maximum Gasteiger partial charge on any atom is 0.251 e. The van der Waals surface area contributed by atoms with E-state index in [2.05, 4.69) is 29.4 Å². The Balaban J connectivity index is 1.43. The zero-order valence-corrected chi connectivity index (χ0v) is 18.2. The molecule has 1 aliphatic heterocycles. The Morgan fingerprint density at radius 2 is 1.61 bits per heavy atom. The lowest BCUT2D eigenvalue weighted by atomic mass is 10.0. The third-order valence-electron chi connectivity index (χ3n) is 5.30. The number of hydrogen-bond donors (Lipinski definition) is 2. The molecule has 0 spiro atoms. The average molecular weight is 426 g/mol. The van der Waals surface area contributed by atoms with Crippen molar-refractivity contribution in [2.45, 2.75) is 19.9 Å². The van der Waals surface area contributed by atoms with Crippen LogP contribution in [-0.4, -0.2) is 62.1 Å². The van der Waals surface area contributed by atoms with Crippen LogP contribution in [0.5, 0.6) is 11.5 Å². The SMILES string of the molecule is CC(C)[C@@H](CNC(=O)CNC(=O)c1ccc(Oc2ccccc2)cc1)N1CCOCC1. The van der Waals surface area contributed by atoms with E-state index in [4.69, 9.17) is 9.47 Å². The van der Waals surface area contributed by atoms with E-state index in [0.29, 0.717) is 23.8 Å². The van der Waals surface area contributed by atoms with E-state index in [9.17, 15) is 9.59 Å². The van der Waals surface area contributed by atoms with Crippen LogP contribution in [0.25, 0.3) is 0 Å². The fraction of sp³-hybridized carbons (Fsp3) is 0.417. The summed E-state index contributed by atoms with van der Waals surface area (Å²) in [5.74, 6) is 1.28. The average Bonchev–Trinajstić information content (AvgIpc) is 2.79. The van der Waals surface area contributed by atoms with E-state index in [1.54, 1.807) is 24.3 Å². The largest absolute Gasteiger partial charge is 0.457 e. The van der Waals surface area contributed by atoms with Crippen LogP contribution in [-0.2, 0) is 9.53 Å². The highest BCUT2D eigenvalue weighted by atomic mass is 16.5. The highest BCUT2D eigenvalue weighted by Gasteiger charge is 2.24. The molecular formula is C24H31N3O4. The van der Waals surface area contributed by atoms with Crippen LogP contribution in [0.2, 0.25) is 0 Å². The lowest BCUT2D eigenvalue weighted by molar-refractivity contribution is -0.120. The number of amides is 2. The highest BCUT2D eigenvalue weighted by molar-refractivity contribution is 5.96. The van der Waals surface area contributed by atoms with E-state index in [1.165, 1.54) is 0 Å². The fourth-order valence-electron chi connectivity index (χ4n) is 3.54. The van der Waals surface area contributed by atoms with Crippen LogP contribution in [0.3, 0.4) is 0 Å². The normalized spacial score (nSPS) is 15.3. The van der Waals surface area contributed by atoms with Crippen LogP contribution in [0.1, 0.15) is 24.2 Å². The van der Waals surface area contributed by atoms with Gasteiger partial charge in [0.2, 0.25) is 5.91 Å². The standard InChI is InChI=1S/C24H31N3O4/c1-18(2)22(27-12-14-30-15-13-27)16-25-23(28)17-26-24(29)19-8-10-21(11-9-19)31-20-6-4-3-5-7-20/h3-11,18,22H,12-17H2,1-2H3,(H,25,28)(H,26,29)/t22-/m1/s1. The topological polar surface area (TPSA) is 79.9 Å². The maximum atomic E-state index is 12.4. The van der Waals surface area contributed by atoms with E-state index < -0.39 is 0 Å². The zero-order valence-electron chi connectivity index (χ0n) is 18.2. The Kier molecular flexibility index (Phi) is 8.44. The molecule has 2 amide bonds. The molecule has 0 bridgehead atoms. The van der Waals surface area contributed by atoms with E-state index in [0.717, 1.165) is 32.1 Å². The number of para-hydroxylation sites is 1. The minimum atomic E-state index is -0.296. The monoisotopic (exact) mass is 425 g/mol. The molecule has 166 valence electrons. The smallest absolute Gasteiger partial charge is 0.251 e. The zero-order chi connectivity index (χ0) is 22.1. The number of rotatable bonds is 9. The molecule has 2 aromatic carbocycles. The molecule has 1 aliphatic rings. The van der Waals surface area contributed by atoms with Crippen molar-refractivity contribution in [3.05, 3.63) is 60.2 Å². The molecule has 0 saturated carbocycles. The summed E-state index contributed by atoms with van der Waals surface area (Å²) in [6.45, 7) is 8.00. The molecular weight excluding hydrogens is 394 g/mol. The Morgan fingerprint density at radius 3 is 2.26 bits per heavy atom. The number of carbonyl (C=O) groups excluding carboxylic acids is 2. The van der Waals surface area contributed by atoms with Gasteiger partial charge < -0.3 is 20.1 Å². The van der Waals surface area contributed by atoms with Gasteiger partial charge in [0.25, 0.3) is 5.91 Å². The number of nitrogens with one attached hydrogen (secondary N) is 2. The summed E-state index contributed by atoms with van der Waals surface area (Å²) in [5, 5.41) is 5.62. The van der Waals surface area contributed by atoms with Crippen molar-refractivity contribution in [2.24, 2.45) is 5.92 Å². The second-order valence-electron chi connectivity index (χ2n) is 7.89. The summed E-state index contributed by atoms with van der Waals surface area (Å²) >= 11 is 0. The first-order chi connectivity index (χ1) is 15.0. The summed E-state index contributed by atoms with van der Waals surface area (Å²) in [6, 6.07) is 16.5. The molecule has 2 aromatic rings. The third kappa shape index (κ3) is 7.08. The van der Waals surface area contributed by atoms with Gasteiger partial charge in [-0.05, 0) is 42.3 Å². The number of benzene rings is 2. The first kappa shape index (κ1) is 22.8. The highest BCUT2D eigenvalue weighted by Crippen LogP contribution is 2.21. The molecule has 3 rings (SSSR count). The second kappa shape index (κ2) is 11.5. The van der Waals surface area contributed by atoms with Crippen LogP contribution in [0.4, 0.5) is 0 Å². The van der Waals surface area contributed by atoms with Gasteiger partial charge in [-0.3, -0.25) is 14.5 Å². The van der Waals surface area contributed by atoms with Crippen molar-refractivity contribution in [1.29, 1.82) is 0 Å². The molecule has 7 heteroatoms. The second-order valence-corrected chi connectivity index (χ2v) is 7.89. The van der Waals surface area contributed by atoms with Gasteiger partial charge in [0, 0.05) is 31.2 Å². The molecule has 0 aromatic heterocycles. The molecule has 1 heterocycles. The van der Waals surface area contributed by atoms with Gasteiger partial charge in [0.1, 0.15) is 11.5 Å². The van der Waals surface area contributed by atoms with Gasteiger partial charge in [-0.2, -0.15) is 0 Å². The van der Waals surface area contributed by atoms with Crippen molar-refractivity contribution in [3.8, 4) is 11.5 Å². The lowest BCUT2D eigenvalue weighted by Crippen LogP contribution is -2.52. The summed E-state index contributed by atoms with van der Waals surface area (Å²) in [4.78, 5) is 27.0. The number of hydrogen-bond acceptors (Lipinski definition) is 5. The van der Waals surface area contributed by atoms with Crippen molar-refractivity contribution in [1.82, 2.24) is 15.5 Å². The summed E-state index contributed by atoms with van der Waals surface area (Å²) in [6.07, 6.45) is 0. The van der Waals surface area contributed by atoms with Gasteiger partial charge in [-0.1, -0.05) is 32.0 Å². The van der Waals surface area contributed by atoms with Gasteiger partial charge >= 0.3 is 0 Å². The molecule has 31 heavy (non-hydrogen) atoms. The van der Waals surface area contributed by atoms with Crippen LogP contribution in [0, 0.1) is 5.92 Å². The Labute approximate surface area is 183 Å². The molecule has 0 unspecified atom stereocenters. The predicted molar refractivity (Wildman–Crippen MR) is 119 cm³/mol. The van der Waals surface area contributed by atoms with Gasteiger partial charge in [0.05, 0.1) is 19.8 Å². The molecule has 2 N–H and O–H groups in total. The first-order valence-electron chi connectivity index (χ1n) is 10.7. The van der Waals surface area contributed by atoms with Crippen molar-refractivity contribution in [2.75, 3.05) is 39.4 Å². The van der Waals surface area contributed by atoms with E-state index in [1.807, 2.05) is 30.3 Å². The Bertz CT molecular complexity index is 834. The van der Waals surface area contributed by atoms with Crippen LogP contribution >= 0.6 is 0 Å².